The molecule has 0 aliphatic carbocycles. The average Bonchev–Trinajstić information content (AvgIpc) is 3.24. The predicted molar refractivity (Wildman–Crippen MR) is 134 cm³/mol. The van der Waals surface area contributed by atoms with E-state index in [1.54, 1.807) is 12.3 Å². The highest BCUT2D eigenvalue weighted by Crippen LogP contribution is 2.25. The van der Waals surface area contributed by atoms with E-state index in [0.717, 1.165) is 26.1 Å². The Labute approximate surface area is 208 Å². The van der Waals surface area contributed by atoms with Gasteiger partial charge in [0.1, 0.15) is 17.9 Å². The fourth-order valence-electron chi connectivity index (χ4n) is 4.34. The van der Waals surface area contributed by atoms with Crippen LogP contribution >= 0.6 is 11.6 Å². The molecule has 8 nitrogen and oxygen atoms in total. The van der Waals surface area contributed by atoms with Crippen LogP contribution in [0.25, 0.3) is 16.8 Å². The third-order valence-corrected chi connectivity index (χ3v) is 6.29. The molecule has 1 fully saturated rings. The molecule has 3 aromatic rings. The van der Waals surface area contributed by atoms with E-state index >= 15 is 0 Å². The number of ether oxygens (including phenoxy) is 1. The molecule has 0 unspecified atom stereocenters. The highest BCUT2D eigenvalue weighted by Gasteiger charge is 2.18. The van der Waals surface area contributed by atoms with Gasteiger partial charge in [-0.2, -0.15) is 0 Å². The van der Waals surface area contributed by atoms with Gasteiger partial charge in [-0.1, -0.05) is 18.0 Å². The summed E-state index contributed by atoms with van der Waals surface area (Å²) in [7, 11) is 0. The van der Waals surface area contributed by atoms with Gasteiger partial charge in [0, 0.05) is 24.2 Å². The lowest BCUT2D eigenvalue weighted by atomic mass is 10.1. The molecule has 2 aromatic heterocycles. The summed E-state index contributed by atoms with van der Waals surface area (Å²) in [6.07, 6.45) is 6.29. The maximum Gasteiger partial charge on any atom is 0.277 e. The SMILES string of the molecule is CC(C)NC(=O)Cn1c(-c2ccc(F)c(Cl)c2)cn2nc(OCCCN3CCCCC3)cc2c1=O. The third kappa shape index (κ3) is 6.21. The molecule has 1 aromatic carbocycles. The Morgan fingerprint density at radius 2 is 2.00 bits per heavy atom. The molecule has 4 rings (SSSR count). The summed E-state index contributed by atoms with van der Waals surface area (Å²) < 4.78 is 22.4. The van der Waals surface area contributed by atoms with Crippen molar-refractivity contribution in [2.45, 2.75) is 52.1 Å². The van der Waals surface area contributed by atoms with Crippen LogP contribution in [0, 0.1) is 5.82 Å². The van der Waals surface area contributed by atoms with Crippen molar-refractivity contribution < 1.29 is 13.9 Å². The van der Waals surface area contributed by atoms with Gasteiger partial charge >= 0.3 is 0 Å². The maximum absolute atomic E-state index is 13.8. The van der Waals surface area contributed by atoms with E-state index in [1.807, 2.05) is 13.8 Å². The molecule has 1 amide bonds. The number of carbonyl (C=O) groups excluding carboxylic acids is 1. The monoisotopic (exact) mass is 503 g/mol. The van der Waals surface area contributed by atoms with E-state index in [0.29, 0.717) is 23.7 Å². The van der Waals surface area contributed by atoms with Gasteiger partial charge in [-0.05, 0) is 64.4 Å². The summed E-state index contributed by atoms with van der Waals surface area (Å²) in [5.74, 6) is -0.537. The van der Waals surface area contributed by atoms with Crippen LogP contribution in [0.2, 0.25) is 5.02 Å². The quantitative estimate of drug-likeness (QED) is 0.450. The summed E-state index contributed by atoms with van der Waals surface area (Å²) in [5.41, 5.74) is 0.762. The molecular formula is C25H31ClFN5O3. The van der Waals surface area contributed by atoms with E-state index in [9.17, 15) is 14.0 Å². The Morgan fingerprint density at radius 1 is 1.23 bits per heavy atom. The lowest BCUT2D eigenvalue weighted by molar-refractivity contribution is -0.122. The summed E-state index contributed by atoms with van der Waals surface area (Å²) in [6, 6.07) is 5.67. The lowest BCUT2D eigenvalue weighted by Crippen LogP contribution is -2.37. The second-order valence-corrected chi connectivity index (χ2v) is 9.58. The highest BCUT2D eigenvalue weighted by atomic mass is 35.5. The van der Waals surface area contributed by atoms with Gasteiger partial charge in [-0.25, -0.2) is 8.91 Å². The normalized spacial score (nSPS) is 14.5. The van der Waals surface area contributed by atoms with Crippen molar-refractivity contribution in [1.29, 1.82) is 0 Å². The molecule has 0 spiro atoms. The van der Waals surface area contributed by atoms with Crippen molar-refractivity contribution in [2.24, 2.45) is 0 Å². The minimum atomic E-state index is -0.567. The Balaban J connectivity index is 1.60. The van der Waals surface area contributed by atoms with Gasteiger partial charge in [0.15, 0.2) is 0 Å². The zero-order chi connectivity index (χ0) is 24.9. The van der Waals surface area contributed by atoms with E-state index < -0.39 is 11.4 Å². The number of benzene rings is 1. The minimum absolute atomic E-state index is 0.0774. The average molecular weight is 504 g/mol. The maximum atomic E-state index is 13.8. The van der Waals surface area contributed by atoms with E-state index in [1.165, 1.54) is 46.5 Å². The standard InChI is InChI=1S/C25H31ClFN5O3/c1-17(2)28-23(33)16-31-22(18-7-8-20(27)19(26)13-18)15-32-21(25(31)34)14-24(29-32)35-12-6-11-30-9-4-3-5-10-30/h7-8,13-15,17H,3-6,9-12,16H2,1-2H3,(H,28,33). The number of nitrogens with one attached hydrogen (secondary N) is 1. The molecule has 0 atom stereocenters. The smallest absolute Gasteiger partial charge is 0.277 e. The molecule has 1 aliphatic rings. The first kappa shape index (κ1) is 25.2. The van der Waals surface area contributed by atoms with E-state index in [2.05, 4.69) is 15.3 Å². The Kier molecular flexibility index (Phi) is 8.07. The molecule has 1 aliphatic heterocycles. The van der Waals surface area contributed by atoms with Crippen LogP contribution in [0.1, 0.15) is 39.5 Å². The summed E-state index contributed by atoms with van der Waals surface area (Å²) in [5, 5.41) is 7.13. The molecule has 1 N–H and O–H groups in total. The van der Waals surface area contributed by atoms with E-state index in [4.69, 9.17) is 16.3 Å². The summed E-state index contributed by atoms with van der Waals surface area (Å²) in [6.45, 7) is 7.22. The Hall–Kier alpha value is -2.91. The second kappa shape index (κ2) is 11.2. The number of halogens is 2. The zero-order valence-corrected chi connectivity index (χ0v) is 20.9. The van der Waals surface area contributed by atoms with Gasteiger partial charge in [-0.15, -0.1) is 5.10 Å². The lowest BCUT2D eigenvalue weighted by Gasteiger charge is -2.26. The van der Waals surface area contributed by atoms with Gasteiger partial charge in [0.05, 0.1) is 23.5 Å². The van der Waals surface area contributed by atoms with Crippen LogP contribution in [0.3, 0.4) is 0 Å². The zero-order valence-electron chi connectivity index (χ0n) is 20.1. The van der Waals surface area contributed by atoms with Crippen molar-refractivity contribution >= 4 is 23.0 Å². The number of piperidine rings is 1. The molecular weight excluding hydrogens is 473 g/mol. The first-order valence-electron chi connectivity index (χ1n) is 12.0. The topological polar surface area (TPSA) is 80.9 Å². The Morgan fingerprint density at radius 3 is 2.71 bits per heavy atom. The number of fused-ring (bicyclic) bond motifs is 1. The van der Waals surface area contributed by atoms with Gasteiger partial charge in [0.2, 0.25) is 11.8 Å². The molecule has 0 saturated carbocycles. The molecule has 0 bridgehead atoms. The van der Waals surface area contributed by atoms with Gasteiger partial charge < -0.3 is 15.0 Å². The van der Waals surface area contributed by atoms with Crippen LogP contribution in [0.5, 0.6) is 5.88 Å². The predicted octanol–water partition coefficient (Wildman–Crippen LogP) is 3.73. The minimum Gasteiger partial charge on any atom is -0.477 e. The summed E-state index contributed by atoms with van der Waals surface area (Å²) >= 11 is 5.99. The molecule has 35 heavy (non-hydrogen) atoms. The van der Waals surface area contributed by atoms with Crippen molar-refractivity contribution in [1.82, 2.24) is 24.4 Å². The van der Waals surface area contributed by atoms with Crippen LogP contribution in [-0.2, 0) is 11.3 Å². The van der Waals surface area contributed by atoms with Gasteiger partial charge in [0.25, 0.3) is 5.56 Å². The number of hydrogen-bond acceptors (Lipinski definition) is 5. The number of aromatic nitrogens is 3. The third-order valence-electron chi connectivity index (χ3n) is 6.00. The van der Waals surface area contributed by atoms with Crippen molar-refractivity contribution in [3.8, 4) is 17.1 Å². The first-order chi connectivity index (χ1) is 16.8. The van der Waals surface area contributed by atoms with Crippen LogP contribution in [-0.4, -0.2) is 57.3 Å². The Bertz CT molecular complexity index is 1250. The van der Waals surface area contributed by atoms with Gasteiger partial charge in [-0.3, -0.25) is 14.2 Å². The first-order valence-corrected chi connectivity index (χ1v) is 12.4. The molecule has 0 radical (unpaired) electrons. The van der Waals surface area contributed by atoms with Crippen molar-refractivity contribution in [3.05, 3.63) is 51.7 Å². The fraction of sp³-hybridized carbons (Fsp3) is 0.480. The number of carbonyl (C=O) groups is 1. The highest BCUT2D eigenvalue weighted by molar-refractivity contribution is 6.31. The van der Waals surface area contributed by atoms with E-state index in [-0.39, 0.29) is 29.0 Å². The molecule has 10 heteroatoms. The number of likely N-dealkylation sites (tertiary alicyclic amines) is 1. The van der Waals surface area contributed by atoms with Crippen LogP contribution in [0.15, 0.2) is 35.3 Å². The molecule has 3 heterocycles. The fourth-order valence-corrected chi connectivity index (χ4v) is 4.52. The number of hydrogen-bond donors (Lipinski definition) is 1. The number of rotatable bonds is 9. The molecule has 1 saturated heterocycles. The van der Waals surface area contributed by atoms with Crippen molar-refractivity contribution in [3.63, 3.8) is 0 Å². The number of nitrogens with zero attached hydrogens (tertiary/aromatic N) is 4. The van der Waals surface area contributed by atoms with Crippen LogP contribution in [0.4, 0.5) is 4.39 Å². The van der Waals surface area contributed by atoms with Crippen LogP contribution < -0.4 is 15.6 Å². The molecule has 188 valence electrons. The largest absolute Gasteiger partial charge is 0.477 e. The number of amides is 1. The van der Waals surface area contributed by atoms with Crippen molar-refractivity contribution in [2.75, 3.05) is 26.2 Å². The summed E-state index contributed by atoms with van der Waals surface area (Å²) in [4.78, 5) is 28.4. The second-order valence-electron chi connectivity index (χ2n) is 9.17.